The molecule has 3 heterocycles. The zero-order chi connectivity index (χ0) is 19.6. The normalized spacial score (nSPS) is 30.1. The second-order valence-corrected chi connectivity index (χ2v) is 9.49. The summed E-state index contributed by atoms with van der Waals surface area (Å²) in [6, 6.07) is 9.06. The summed E-state index contributed by atoms with van der Waals surface area (Å²) in [4.78, 5) is 5.08. The summed E-state index contributed by atoms with van der Waals surface area (Å²) in [5.41, 5.74) is 2.81. The second-order valence-electron chi connectivity index (χ2n) is 9.49. The first-order valence-corrected chi connectivity index (χ1v) is 10.9. The minimum Gasteiger partial charge on any atom is -0.396 e. The molecule has 0 spiro atoms. The lowest BCUT2D eigenvalue weighted by molar-refractivity contribution is 0.0884. The molecule has 1 aromatic carbocycles. The molecule has 3 aliphatic rings. The minimum absolute atomic E-state index is 0.0321. The van der Waals surface area contributed by atoms with Gasteiger partial charge in [0.15, 0.2) is 0 Å². The molecular weight excluding hydrogens is 352 g/mol. The third-order valence-corrected chi connectivity index (χ3v) is 6.86. The maximum Gasteiger partial charge on any atom is 0.0700 e. The highest BCUT2D eigenvalue weighted by Crippen LogP contribution is 2.42. The number of hydrogen-bond donors (Lipinski definition) is 1. The third-order valence-electron chi connectivity index (χ3n) is 6.86. The van der Waals surface area contributed by atoms with Crippen LogP contribution >= 0.6 is 0 Å². The molecule has 0 aliphatic carbocycles. The van der Waals surface area contributed by atoms with Crippen LogP contribution in [0.25, 0.3) is 0 Å². The van der Waals surface area contributed by atoms with Crippen molar-refractivity contribution < 1.29 is 14.6 Å². The van der Waals surface area contributed by atoms with Gasteiger partial charge < -0.3 is 19.5 Å². The molecule has 0 bridgehead atoms. The summed E-state index contributed by atoms with van der Waals surface area (Å²) >= 11 is 0. The van der Waals surface area contributed by atoms with Gasteiger partial charge in [0.1, 0.15) is 0 Å². The second kappa shape index (κ2) is 8.80. The highest BCUT2D eigenvalue weighted by molar-refractivity contribution is 5.25. The summed E-state index contributed by atoms with van der Waals surface area (Å²) in [5, 5.41) is 10.3. The molecule has 1 N–H and O–H groups in total. The first-order chi connectivity index (χ1) is 13.6. The van der Waals surface area contributed by atoms with E-state index in [4.69, 9.17) is 9.47 Å². The van der Waals surface area contributed by atoms with Crippen LogP contribution in [0.2, 0.25) is 0 Å². The molecule has 0 radical (unpaired) electrons. The molecule has 1 aromatic rings. The first-order valence-electron chi connectivity index (χ1n) is 10.9. The van der Waals surface area contributed by atoms with Crippen LogP contribution in [0.3, 0.4) is 0 Å². The van der Waals surface area contributed by atoms with Crippen molar-refractivity contribution in [3.8, 4) is 0 Å². The van der Waals surface area contributed by atoms with Gasteiger partial charge in [0.25, 0.3) is 0 Å². The molecule has 156 valence electrons. The monoisotopic (exact) mass is 388 g/mol. The summed E-state index contributed by atoms with van der Waals surface area (Å²) in [6.45, 7) is 13.9. The van der Waals surface area contributed by atoms with E-state index in [9.17, 15) is 5.11 Å². The molecule has 2 unspecified atom stereocenters. The minimum atomic E-state index is 0.0321. The first kappa shape index (κ1) is 20.3. The molecule has 0 amide bonds. The Morgan fingerprint density at radius 2 is 1.68 bits per heavy atom. The van der Waals surface area contributed by atoms with E-state index in [0.29, 0.717) is 31.0 Å². The Hall–Kier alpha value is -0.980. The molecule has 3 fully saturated rings. The van der Waals surface area contributed by atoms with Crippen LogP contribution in [0.1, 0.15) is 30.9 Å². The van der Waals surface area contributed by atoms with Crippen molar-refractivity contribution in [2.75, 3.05) is 65.8 Å². The predicted octanol–water partition coefficient (Wildman–Crippen LogP) is 2.20. The fourth-order valence-corrected chi connectivity index (χ4v) is 5.29. The van der Waals surface area contributed by atoms with Crippen LogP contribution in [-0.4, -0.2) is 80.7 Å². The van der Waals surface area contributed by atoms with Gasteiger partial charge in [0, 0.05) is 50.6 Å². The maximum atomic E-state index is 10.3. The summed E-state index contributed by atoms with van der Waals surface area (Å²) in [6.07, 6.45) is 0. The van der Waals surface area contributed by atoms with Crippen LogP contribution in [-0.2, 0) is 16.0 Å². The zero-order valence-electron chi connectivity index (χ0n) is 17.5. The summed E-state index contributed by atoms with van der Waals surface area (Å²) in [5.74, 6) is 1.58. The molecule has 4 rings (SSSR count). The lowest BCUT2D eigenvalue weighted by atomic mass is 9.82. The number of benzene rings is 1. The van der Waals surface area contributed by atoms with E-state index in [0.717, 1.165) is 52.5 Å². The lowest BCUT2D eigenvalue weighted by Crippen LogP contribution is -2.39. The van der Waals surface area contributed by atoms with Crippen molar-refractivity contribution in [3.63, 3.8) is 0 Å². The van der Waals surface area contributed by atoms with Crippen molar-refractivity contribution >= 4 is 0 Å². The molecule has 3 aliphatic heterocycles. The van der Waals surface area contributed by atoms with E-state index in [1.807, 2.05) is 0 Å². The van der Waals surface area contributed by atoms with E-state index < -0.39 is 0 Å². The fourth-order valence-electron chi connectivity index (χ4n) is 5.29. The van der Waals surface area contributed by atoms with E-state index in [1.54, 1.807) is 0 Å². The Bertz CT molecular complexity index is 627. The number of rotatable bonds is 6. The number of aliphatic hydroxyl groups is 1. The van der Waals surface area contributed by atoms with Gasteiger partial charge in [-0.25, -0.2) is 0 Å². The molecule has 28 heavy (non-hydrogen) atoms. The predicted molar refractivity (Wildman–Crippen MR) is 110 cm³/mol. The van der Waals surface area contributed by atoms with Gasteiger partial charge >= 0.3 is 0 Å². The van der Waals surface area contributed by atoms with Crippen molar-refractivity contribution in [2.45, 2.75) is 26.3 Å². The standard InChI is InChI=1S/C23H36N2O3/c1-18(2)21-5-3-19(4-6-21)9-24-11-22-12-25(16-23(22,15-24)17-26)10-20-13-27-7-8-28-14-20/h3-6,18,20,22,26H,7-17H2,1-2H3. The van der Waals surface area contributed by atoms with Crippen molar-refractivity contribution in [1.29, 1.82) is 0 Å². The van der Waals surface area contributed by atoms with Gasteiger partial charge in [-0.3, -0.25) is 4.90 Å². The Labute approximate surface area is 169 Å². The van der Waals surface area contributed by atoms with Crippen LogP contribution in [0, 0.1) is 17.3 Å². The number of ether oxygens (including phenoxy) is 2. The van der Waals surface area contributed by atoms with E-state index >= 15 is 0 Å². The van der Waals surface area contributed by atoms with Crippen molar-refractivity contribution in [1.82, 2.24) is 9.80 Å². The molecule has 0 saturated carbocycles. The number of likely N-dealkylation sites (tertiary alicyclic amines) is 2. The number of aliphatic hydroxyl groups excluding tert-OH is 1. The van der Waals surface area contributed by atoms with Crippen molar-refractivity contribution in [3.05, 3.63) is 35.4 Å². The van der Waals surface area contributed by atoms with Gasteiger partial charge in [-0.15, -0.1) is 0 Å². The fraction of sp³-hybridized carbons (Fsp3) is 0.739. The van der Waals surface area contributed by atoms with Crippen LogP contribution in [0.4, 0.5) is 0 Å². The Kier molecular flexibility index (Phi) is 6.38. The average Bonchev–Trinajstić information content (AvgIpc) is 3.03. The van der Waals surface area contributed by atoms with Gasteiger partial charge in [-0.1, -0.05) is 38.1 Å². The van der Waals surface area contributed by atoms with Gasteiger partial charge in [0.05, 0.1) is 33.0 Å². The van der Waals surface area contributed by atoms with Gasteiger partial charge in [-0.05, 0) is 23.0 Å². The topological polar surface area (TPSA) is 45.2 Å². The number of fused-ring (bicyclic) bond motifs is 1. The molecule has 3 saturated heterocycles. The maximum absolute atomic E-state index is 10.3. The Morgan fingerprint density at radius 1 is 1.04 bits per heavy atom. The van der Waals surface area contributed by atoms with E-state index in [2.05, 4.69) is 47.9 Å². The third kappa shape index (κ3) is 4.44. The average molecular weight is 389 g/mol. The zero-order valence-corrected chi connectivity index (χ0v) is 17.5. The summed E-state index contributed by atoms with van der Waals surface area (Å²) < 4.78 is 11.3. The highest BCUT2D eigenvalue weighted by atomic mass is 16.5. The Balaban J connectivity index is 1.33. The highest BCUT2D eigenvalue weighted by Gasteiger charge is 2.52. The molecule has 0 aromatic heterocycles. The van der Waals surface area contributed by atoms with Crippen LogP contribution in [0.5, 0.6) is 0 Å². The SMILES string of the molecule is CC(C)c1ccc(CN2CC3CN(CC4COCCOC4)CC3(CO)C2)cc1. The van der Waals surface area contributed by atoms with Gasteiger partial charge in [-0.2, -0.15) is 0 Å². The van der Waals surface area contributed by atoms with Gasteiger partial charge in [0.2, 0.25) is 0 Å². The Morgan fingerprint density at radius 3 is 2.29 bits per heavy atom. The summed E-state index contributed by atoms with van der Waals surface area (Å²) in [7, 11) is 0. The van der Waals surface area contributed by atoms with Crippen LogP contribution in [0.15, 0.2) is 24.3 Å². The van der Waals surface area contributed by atoms with E-state index in [1.165, 1.54) is 11.1 Å². The quantitative estimate of drug-likeness (QED) is 0.810. The molecular formula is C23H36N2O3. The van der Waals surface area contributed by atoms with Crippen molar-refractivity contribution in [2.24, 2.45) is 17.3 Å². The smallest absolute Gasteiger partial charge is 0.0700 e. The van der Waals surface area contributed by atoms with Crippen LogP contribution < -0.4 is 0 Å². The molecule has 5 nitrogen and oxygen atoms in total. The number of hydrogen-bond acceptors (Lipinski definition) is 5. The molecule has 5 heteroatoms. The van der Waals surface area contributed by atoms with E-state index in [-0.39, 0.29) is 12.0 Å². The largest absolute Gasteiger partial charge is 0.396 e. The molecule has 2 atom stereocenters. The lowest BCUT2D eigenvalue weighted by Gasteiger charge is -2.29. The number of nitrogens with zero attached hydrogens (tertiary/aromatic N) is 2.